The lowest BCUT2D eigenvalue weighted by molar-refractivity contribution is 0.0962. The van der Waals surface area contributed by atoms with E-state index in [-0.39, 0.29) is 16.4 Å². The summed E-state index contributed by atoms with van der Waals surface area (Å²) in [7, 11) is -0.528. The van der Waals surface area contributed by atoms with Crippen LogP contribution in [0.5, 0.6) is 0 Å². The molecule has 0 saturated heterocycles. The van der Waals surface area contributed by atoms with Crippen molar-refractivity contribution < 1.29 is 18.0 Å². The number of amides is 2. The van der Waals surface area contributed by atoms with Crippen molar-refractivity contribution in [2.75, 3.05) is 39.0 Å². The highest BCUT2D eigenvalue weighted by molar-refractivity contribution is 7.89. The highest BCUT2D eigenvalue weighted by Gasteiger charge is 2.28. The number of thiophene rings is 1. The maximum absolute atomic E-state index is 12.9. The molecule has 1 aliphatic heterocycles. The predicted octanol–water partition coefficient (Wildman–Crippen LogP) is 1.39. The third kappa shape index (κ3) is 5.05. The van der Waals surface area contributed by atoms with Gasteiger partial charge in [0.2, 0.25) is 10.0 Å². The van der Waals surface area contributed by atoms with E-state index in [4.69, 9.17) is 10.5 Å². The Labute approximate surface area is 196 Å². The Morgan fingerprint density at radius 1 is 1.15 bits per heavy atom. The Balaban J connectivity index is 1.86. The molecule has 2 N–H and O–H groups in total. The van der Waals surface area contributed by atoms with Crippen LogP contribution in [0.4, 0.5) is 5.00 Å². The first-order valence-corrected chi connectivity index (χ1v) is 12.2. The number of carbonyl (C=O) groups excluding carboxylic acids is 2. The number of benzene rings is 1. The zero-order chi connectivity index (χ0) is 24.2. The number of hydrogen-bond donors (Lipinski definition) is 2. The van der Waals surface area contributed by atoms with Gasteiger partial charge in [0, 0.05) is 30.6 Å². The van der Waals surface area contributed by atoms with Gasteiger partial charge in [0.25, 0.3) is 11.8 Å². The van der Waals surface area contributed by atoms with E-state index in [0.717, 1.165) is 21.3 Å². The molecule has 1 aromatic carbocycles. The SMILES string of the molecule is CNC(=O)c1c(NC(=O)c2ccc(S(=O)(=O)N(CC#N)CC#N)cc2)sc2c1CCN(C)C2. The van der Waals surface area contributed by atoms with Crippen LogP contribution in [-0.2, 0) is 23.0 Å². The Hall–Kier alpha value is -3.29. The average Bonchev–Trinajstić information content (AvgIpc) is 3.15. The molecule has 3 rings (SSSR count). The summed E-state index contributed by atoms with van der Waals surface area (Å²) in [6.07, 6.45) is 0.704. The second kappa shape index (κ2) is 10.1. The summed E-state index contributed by atoms with van der Waals surface area (Å²) < 4.78 is 26.1. The number of hydrogen-bond acceptors (Lipinski definition) is 8. The number of nitriles is 2. The lowest BCUT2D eigenvalue weighted by Gasteiger charge is -2.22. The van der Waals surface area contributed by atoms with Crippen molar-refractivity contribution in [2.24, 2.45) is 0 Å². The van der Waals surface area contributed by atoms with Gasteiger partial charge in [0.05, 0.1) is 22.6 Å². The van der Waals surface area contributed by atoms with Crippen LogP contribution in [0.15, 0.2) is 29.2 Å². The molecule has 172 valence electrons. The largest absolute Gasteiger partial charge is 0.355 e. The summed E-state index contributed by atoms with van der Waals surface area (Å²) in [6, 6.07) is 8.64. The Bertz CT molecular complexity index is 1240. The topological polar surface area (TPSA) is 146 Å². The average molecular weight is 487 g/mol. The van der Waals surface area contributed by atoms with E-state index in [1.807, 2.05) is 7.05 Å². The van der Waals surface area contributed by atoms with E-state index in [0.29, 0.717) is 23.5 Å². The van der Waals surface area contributed by atoms with Crippen molar-refractivity contribution in [1.82, 2.24) is 14.5 Å². The molecule has 0 atom stereocenters. The van der Waals surface area contributed by atoms with Gasteiger partial charge >= 0.3 is 0 Å². The summed E-state index contributed by atoms with van der Waals surface area (Å²) in [5.41, 5.74) is 1.60. The molecule has 0 spiro atoms. The van der Waals surface area contributed by atoms with E-state index < -0.39 is 29.0 Å². The first kappa shape index (κ1) is 24.4. The molecule has 10 nitrogen and oxygen atoms in total. The molecular weight excluding hydrogens is 464 g/mol. The van der Waals surface area contributed by atoms with Crippen LogP contribution in [-0.4, -0.2) is 63.2 Å². The van der Waals surface area contributed by atoms with Crippen molar-refractivity contribution in [3.05, 3.63) is 45.8 Å². The van der Waals surface area contributed by atoms with E-state index in [2.05, 4.69) is 15.5 Å². The smallest absolute Gasteiger partial charge is 0.256 e. The highest BCUT2D eigenvalue weighted by Crippen LogP contribution is 2.37. The maximum atomic E-state index is 12.9. The van der Waals surface area contributed by atoms with Crippen molar-refractivity contribution in [1.29, 1.82) is 10.5 Å². The predicted molar refractivity (Wildman–Crippen MR) is 122 cm³/mol. The molecule has 0 bridgehead atoms. The first-order chi connectivity index (χ1) is 15.7. The second-order valence-corrected chi connectivity index (χ2v) is 10.4. The lowest BCUT2D eigenvalue weighted by atomic mass is 10.0. The van der Waals surface area contributed by atoms with Gasteiger partial charge in [-0.15, -0.1) is 11.3 Å². The maximum Gasteiger partial charge on any atom is 0.256 e. The van der Waals surface area contributed by atoms with Crippen molar-refractivity contribution >= 4 is 38.2 Å². The van der Waals surface area contributed by atoms with E-state index in [1.165, 1.54) is 42.6 Å². The van der Waals surface area contributed by atoms with Gasteiger partial charge < -0.3 is 15.5 Å². The molecule has 33 heavy (non-hydrogen) atoms. The Kier molecular flexibility index (Phi) is 7.46. The van der Waals surface area contributed by atoms with Crippen LogP contribution in [0, 0.1) is 22.7 Å². The Morgan fingerprint density at radius 3 is 2.36 bits per heavy atom. The summed E-state index contributed by atoms with van der Waals surface area (Å²) in [5.74, 6) is -0.758. The number of likely N-dealkylation sites (N-methyl/N-ethyl adjacent to an activating group) is 1. The van der Waals surface area contributed by atoms with Gasteiger partial charge in [-0.25, -0.2) is 8.42 Å². The molecule has 0 saturated carbocycles. The molecule has 1 aliphatic rings. The molecule has 2 amide bonds. The number of nitrogens with one attached hydrogen (secondary N) is 2. The van der Waals surface area contributed by atoms with Gasteiger partial charge in [0.15, 0.2) is 0 Å². The third-order valence-corrected chi connectivity index (χ3v) is 8.12. The fourth-order valence-corrected chi connectivity index (χ4v) is 6.02. The summed E-state index contributed by atoms with van der Waals surface area (Å²) in [5, 5.41) is 23.5. The number of rotatable bonds is 7. The van der Waals surface area contributed by atoms with Crippen molar-refractivity contribution in [3.63, 3.8) is 0 Å². The van der Waals surface area contributed by atoms with Crippen LogP contribution < -0.4 is 10.6 Å². The monoisotopic (exact) mass is 486 g/mol. The van der Waals surface area contributed by atoms with Gasteiger partial charge in [-0.2, -0.15) is 14.8 Å². The van der Waals surface area contributed by atoms with E-state index in [9.17, 15) is 18.0 Å². The van der Waals surface area contributed by atoms with Gasteiger partial charge in [-0.3, -0.25) is 9.59 Å². The van der Waals surface area contributed by atoms with Crippen molar-refractivity contribution in [3.8, 4) is 12.1 Å². The number of fused-ring (bicyclic) bond motifs is 1. The van der Waals surface area contributed by atoms with Crippen LogP contribution in [0.3, 0.4) is 0 Å². The van der Waals surface area contributed by atoms with Gasteiger partial charge in [0.1, 0.15) is 18.1 Å². The molecule has 2 heterocycles. The minimum Gasteiger partial charge on any atom is -0.355 e. The number of sulfonamides is 1. The van der Waals surface area contributed by atoms with Crippen molar-refractivity contribution in [2.45, 2.75) is 17.9 Å². The van der Waals surface area contributed by atoms with E-state index in [1.54, 1.807) is 12.1 Å². The molecular formula is C21H22N6O4S2. The van der Waals surface area contributed by atoms with Gasteiger partial charge in [-0.05, 0) is 43.3 Å². The minimum absolute atomic E-state index is 0.134. The zero-order valence-electron chi connectivity index (χ0n) is 18.1. The summed E-state index contributed by atoms with van der Waals surface area (Å²) in [6.45, 7) is 0.581. The summed E-state index contributed by atoms with van der Waals surface area (Å²) >= 11 is 1.36. The van der Waals surface area contributed by atoms with Crippen LogP contribution >= 0.6 is 11.3 Å². The molecule has 1 aromatic heterocycles. The molecule has 0 radical (unpaired) electrons. The second-order valence-electron chi connectivity index (χ2n) is 7.34. The fourth-order valence-electron chi connectivity index (χ4n) is 3.47. The van der Waals surface area contributed by atoms with Crippen LogP contribution in [0.25, 0.3) is 0 Å². The van der Waals surface area contributed by atoms with Crippen LogP contribution in [0.2, 0.25) is 0 Å². The quantitative estimate of drug-likeness (QED) is 0.562. The summed E-state index contributed by atoms with van der Waals surface area (Å²) in [4.78, 5) is 28.4. The fraction of sp³-hybridized carbons (Fsp3) is 0.333. The number of carbonyl (C=O) groups is 2. The number of nitrogens with zero attached hydrogens (tertiary/aromatic N) is 4. The minimum atomic E-state index is -4.05. The normalized spacial score (nSPS) is 13.6. The Morgan fingerprint density at radius 2 is 1.79 bits per heavy atom. The molecule has 2 aromatic rings. The molecule has 12 heteroatoms. The lowest BCUT2D eigenvalue weighted by Crippen LogP contribution is -2.31. The first-order valence-electron chi connectivity index (χ1n) is 9.93. The van der Waals surface area contributed by atoms with Crippen LogP contribution in [0.1, 0.15) is 31.2 Å². The molecule has 0 fully saturated rings. The van der Waals surface area contributed by atoms with Gasteiger partial charge in [-0.1, -0.05) is 0 Å². The standard InChI is InChI=1S/C21H22N6O4S2/c1-24-20(29)18-16-7-10-26(2)13-17(16)32-21(18)25-19(28)14-3-5-15(6-4-14)33(30,31)27(11-8-22)12-9-23/h3-6H,7,10-13H2,1-2H3,(H,24,29)(H,25,28). The molecule has 0 unspecified atom stereocenters. The molecule has 0 aliphatic carbocycles. The zero-order valence-corrected chi connectivity index (χ0v) is 19.7. The third-order valence-electron chi connectivity index (χ3n) is 5.18. The van der Waals surface area contributed by atoms with E-state index >= 15 is 0 Å². The number of anilines is 1. The highest BCUT2D eigenvalue weighted by atomic mass is 32.2.